The van der Waals surface area contributed by atoms with E-state index in [-0.39, 0.29) is 5.91 Å². The fourth-order valence-electron chi connectivity index (χ4n) is 2.92. The molecule has 1 aliphatic rings. The molecule has 4 rings (SSSR count). The molecule has 1 aromatic heterocycles. The first-order chi connectivity index (χ1) is 10.3. The number of rotatable bonds is 1. The lowest BCUT2D eigenvalue weighted by molar-refractivity contribution is 0.0989. The second kappa shape index (κ2) is 4.70. The lowest BCUT2D eigenvalue weighted by Crippen LogP contribution is -2.28. The summed E-state index contributed by atoms with van der Waals surface area (Å²) in [5, 5.41) is 2.10. The molecule has 3 nitrogen and oxygen atoms in total. The Morgan fingerprint density at radius 3 is 2.90 bits per heavy atom. The summed E-state index contributed by atoms with van der Waals surface area (Å²) in [6.45, 7) is 0.757. The highest BCUT2D eigenvalue weighted by atomic mass is 16.2. The van der Waals surface area contributed by atoms with Crippen LogP contribution in [0.4, 0.5) is 5.69 Å². The highest BCUT2D eigenvalue weighted by molar-refractivity contribution is 6.09. The van der Waals surface area contributed by atoms with Crippen LogP contribution in [0.2, 0.25) is 0 Å². The maximum Gasteiger partial charge on any atom is 0.258 e. The maximum absolute atomic E-state index is 12.8. The summed E-state index contributed by atoms with van der Waals surface area (Å²) in [5.74, 6) is 0.0682. The minimum Gasteiger partial charge on any atom is -0.308 e. The zero-order valence-electron chi connectivity index (χ0n) is 11.5. The third-order valence-corrected chi connectivity index (χ3v) is 4.02. The zero-order chi connectivity index (χ0) is 14.2. The van der Waals surface area contributed by atoms with E-state index in [4.69, 9.17) is 0 Å². The Bertz CT molecular complexity index is 841. The molecule has 0 aliphatic carbocycles. The number of carbonyl (C=O) groups is 1. The van der Waals surface area contributed by atoms with Gasteiger partial charge in [-0.3, -0.25) is 9.78 Å². The van der Waals surface area contributed by atoms with Crippen LogP contribution in [-0.2, 0) is 6.42 Å². The molecule has 1 amide bonds. The Morgan fingerprint density at radius 1 is 1.05 bits per heavy atom. The van der Waals surface area contributed by atoms with Crippen molar-refractivity contribution in [2.24, 2.45) is 0 Å². The van der Waals surface area contributed by atoms with Gasteiger partial charge < -0.3 is 4.90 Å². The summed E-state index contributed by atoms with van der Waals surface area (Å²) >= 11 is 0. The number of hydrogen-bond donors (Lipinski definition) is 0. The van der Waals surface area contributed by atoms with Crippen LogP contribution in [0.15, 0.2) is 60.9 Å². The third kappa shape index (κ3) is 1.98. The van der Waals surface area contributed by atoms with E-state index in [1.165, 1.54) is 5.56 Å². The third-order valence-electron chi connectivity index (χ3n) is 4.02. The number of para-hydroxylation sites is 1. The molecule has 0 unspecified atom stereocenters. The first-order valence-corrected chi connectivity index (χ1v) is 7.06. The van der Waals surface area contributed by atoms with Gasteiger partial charge in [-0.25, -0.2) is 0 Å². The second-order valence-corrected chi connectivity index (χ2v) is 5.27. The van der Waals surface area contributed by atoms with Gasteiger partial charge in [0.15, 0.2) is 0 Å². The minimum absolute atomic E-state index is 0.0682. The van der Waals surface area contributed by atoms with Crippen molar-refractivity contribution in [3.8, 4) is 0 Å². The Balaban J connectivity index is 1.74. The number of nitrogens with zero attached hydrogens (tertiary/aromatic N) is 2. The SMILES string of the molecule is O=C(c1ccc2cnccc2c1)N1CCc2ccccc21. The number of anilines is 1. The number of hydrogen-bond acceptors (Lipinski definition) is 2. The van der Waals surface area contributed by atoms with Gasteiger partial charge in [-0.2, -0.15) is 0 Å². The molecule has 0 saturated heterocycles. The zero-order valence-corrected chi connectivity index (χ0v) is 11.5. The summed E-state index contributed by atoms with van der Waals surface area (Å²) in [4.78, 5) is 18.7. The van der Waals surface area contributed by atoms with Gasteiger partial charge in [0, 0.05) is 35.6 Å². The van der Waals surface area contributed by atoms with Crippen molar-refractivity contribution in [2.45, 2.75) is 6.42 Å². The van der Waals surface area contributed by atoms with Crippen molar-refractivity contribution in [1.82, 2.24) is 4.98 Å². The summed E-state index contributed by atoms with van der Waals surface area (Å²) in [6, 6.07) is 15.8. The molecule has 0 radical (unpaired) electrons. The van der Waals surface area contributed by atoms with Crippen LogP contribution in [0.1, 0.15) is 15.9 Å². The van der Waals surface area contributed by atoms with Gasteiger partial charge in [0.25, 0.3) is 5.91 Å². The van der Waals surface area contributed by atoms with Crippen LogP contribution < -0.4 is 4.90 Å². The first kappa shape index (κ1) is 12.1. The van der Waals surface area contributed by atoms with E-state index in [1.54, 1.807) is 6.20 Å². The average Bonchev–Trinajstić information content (AvgIpc) is 2.98. The van der Waals surface area contributed by atoms with Crippen molar-refractivity contribution in [3.05, 3.63) is 72.1 Å². The van der Waals surface area contributed by atoms with Crippen LogP contribution in [0.3, 0.4) is 0 Å². The molecule has 0 fully saturated rings. The number of fused-ring (bicyclic) bond motifs is 2. The van der Waals surface area contributed by atoms with E-state index in [9.17, 15) is 4.79 Å². The number of carbonyl (C=O) groups excluding carboxylic acids is 1. The minimum atomic E-state index is 0.0682. The van der Waals surface area contributed by atoms with E-state index in [2.05, 4.69) is 11.1 Å². The Morgan fingerprint density at radius 2 is 1.95 bits per heavy atom. The predicted octanol–water partition coefficient (Wildman–Crippen LogP) is 3.44. The molecule has 3 heteroatoms. The molecule has 21 heavy (non-hydrogen) atoms. The van der Waals surface area contributed by atoms with Crippen LogP contribution in [0.25, 0.3) is 10.8 Å². The van der Waals surface area contributed by atoms with Gasteiger partial charge in [0.05, 0.1) is 0 Å². The van der Waals surface area contributed by atoms with Crippen LogP contribution in [-0.4, -0.2) is 17.4 Å². The normalized spacial score (nSPS) is 13.4. The van der Waals surface area contributed by atoms with E-state index >= 15 is 0 Å². The van der Waals surface area contributed by atoms with E-state index in [1.807, 2.05) is 53.6 Å². The Labute approximate surface area is 122 Å². The van der Waals surface area contributed by atoms with Gasteiger partial charge >= 0.3 is 0 Å². The molecule has 0 spiro atoms. The highest BCUT2D eigenvalue weighted by Gasteiger charge is 2.25. The standard InChI is InChI=1S/C18H14N2O/c21-18(20-10-8-13-3-1-2-4-17(13)20)15-5-6-16-12-19-9-7-14(16)11-15/h1-7,9,11-12H,8,10H2. The Hall–Kier alpha value is -2.68. The monoisotopic (exact) mass is 274 g/mol. The van der Waals surface area contributed by atoms with E-state index in [0.29, 0.717) is 0 Å². The number of aromatic nitrogens is 1. The largest absolute Gasteiger partial charge is 0.308 e. The Kier molecular flexibility index (Phi) is 2.71. The van der Waals surface area contributed by atoms with Gasteiger partial charge in [-0.1, -0.05) is 24.3 Å². The fraction of sp³-hybridized carbons (Fsp3) is 0.111. The molecule has 0 saturated carbocycles. The van der Waals surface area contributed by atoms with Crippen LogP contribution in [0, 0.1) is 0 Å². The smallest absolute Gasteiger partial charge is 0.258 e. The summed E-state index contributed by atoms with van der Waals surface area (Å²) in [6.07, 6.45) is 4.50. The lowest BCUT2D eigenvalue weighted by atomic mass is 10.1. The van der Waals surface area contributed by atoms with Crippen molar-refractivity contribution >= 4 is 22.4 Å². The molecule has 2 aromatic carbocycles. The molecule has 0 bridgehead atoms. The second-order valence-electron chi connectivity index (χ2n) is 5.27. The van der Waals surface area contributed by atoms with Crippen molar-refractivity contribution in [3.63, 3.8) is 0 Å². The highest BCUT2D eigenvalue weighted by Crippen LogP contribution is 2.29. The molecule has 102 valence electrons. The van der Waals surface area contributed by atoms with E-state index < -0.39 is 0 Å². The van der Waals surface area contributed by atoms with Gasteiger partial charge in [-0.15, -0.1) is 0 Å². The van der Waals surface area contributed by atoms with Crippen LogP contribution in [0.5, 0.6) is 0 Å². The number of pyridine rings is 1. The van der Waals surface area contributed by atoms with Gasteiger partial charge in [-0.05, 0) is 41.6 Å². The van der Waals surface area contributed by atoms with Gasteiger partial charge in [0.2, 0.25) is 0 Å². The summed E-state index contributed by atoms with van der Waals surface area (Å²) < 4.78 is 0. The van der Waals surface area contributed by atoms with Crippen LogP contribution >= 0.6 is 0 Å². The fourth-order valence-corrected chi connectivity index (χ4v) is 2.92. The topological polar surface area (TPSA) is 33.2 Å². The molecule has 0 atom stereocenters. The summed E-state index contributed by atoms with van der Waals surface area (Å²) in [5.41, 5.74) is 3.01. The van der Waals surface area contributed by atoms with Gasteiger partial charge in [0.1, 0.15) is 0 Å². The van der Waals surface area contributed by atoms with E-state index in [0.717, 1.165) is 35.0 Å². The number of amides is 1. The van der Waals surface area contributed by atoms with Crippen molar-refractivity contribution in [2.75, 3.05) is 11.4 Å². The first-order valence-electron chi connectivity index (χ1n) is 7.06. The molecule has 1 aliphatic heterocycles. The molecule has 0 N–H and O–H groups in total. The van der Waals surface area contributed by atoms with Crippen molar-refractivity contribution in [1.29, 1.82) is 0 Å². The maximum atomic E-state index is 12.8. The van der Waals surface area contributed by atoms with Crippen molar-refractivity contribution < 1.29 is 4.79 Å². The summed E-state index contributed by atoms with van der Waals surface area (Å²) in [7, 11) is 0. The average molecular weight is 274 g/mol. The lowest BCUT2D eigenvalue weighted by Gasteiger charge is -2.17. The predicted molar refractivity (Wildman–Crippen MR) is 83.6 cm³/mol. The number of benzene rings is 2. The quantitative estimate of drug-likeness (QED) is 0.681. The molecular weight excluding hydrogens is 260 g/mol. The molecular formula is C18H14N2O. The molecule has 2 heterocycles. The molecule has 3 aromatic rings.